The maximum absolute atomic E-state index is 13.1. The van der Waals surface area contributed by atoms with Crippen LogP contribution < -0.4 is 11.1 Å². The first-order chi connectivity index (χ1) is 18.2. The van der Waals surface area contributed by atoms with Gasteiger partial charge in [-0.25, -0.2) is 0 Å². The van der Waals surface area contributed by atoms with Gasteiger partial charge in [0.1, 0.15) is 6.23 Å². The zero-order valence-electron chi connectivity index (χ0n) is 20.9. The maximum atomic E-state index is 13.1. The van der Waals surface area contributed by atoms with E-state index in [1.807, 2.05) is 77.1 Å². The van der Waals surface area contributed by atoms with E-state index >= 15 is 0 Å². The molecule has 5 N–H and O–H groups in total. The molecule has 0 aliphatic carbocycles. The number of aryl methyl sites for hydroxylation is 1. The van der Waals surface area contributed by atoms with Crippen LogP contribution in [-0.4, -0.2) is 55.9 Å². The van der Waals surface area contributed by atoms with E-state index in [1.54, 1.807) is 0 Å². The molecule has 38 heavy (non-hydrogen) atoms. The van der Waals surface area contributed by atoms with Gasteiger partial charge in [0.15, 0.2) is 0 Å². The minimum atomic E-state index is -0.833. The molecule has 2 amide bonds. The fraction of sp³-hybridized carbons (Fsp3) is 0.250. The smallest absolute Gasteiger partial charge is 0.300 e. The van der Waals surface area contributed by atoms with Crippen LogP contribution in [0.25, 0.3) is 33.0 Å². The molecule has 2 aromatic heterocycles. The van der Waals surface area contributed by atoms with Crippen LogP contribution in [-0.2, 0) is 26.2 Å². The van der Waals surface area contributed by atoms with Gasteiger partial charge in [0.2, 0.25) is 0 Å². The first-order valence-electron chi connectivity index (χ1n) is 12.2. The van der Waals surface area contributed by atoms with Gasteiger partial charge in [-0.2, -0.15) is 0 Å². The number of benzene rings is 2. The Hall–Kier alpha value is -4.25. The number of hydrogen-bond donors (Lipinski definition) is 4. The SMILES string of the molecule is CC(=O)O.Cn1cc(C2=C(c3cn([C@H]4C[C@@H](O)[C@@H](CN)O4)c4ccccc34)C(=O)NC2=O)c2ccccc21. The lowest BCUT2D eigenvalue weighted by molar-refractivity contribution is -0.134. The van der Waals surface area contributed by atoms with Crippen LogP contribution in [0.2, 0.25) is 0 Å². The highest BCUT2D eigenvalue weighted by atomic mass is 16.5. The van der Waals surface area contributed by atoms with Crippen molar-refractivity contribution in [1.29, 1.82) is 0 Å². The van der Waals surface area contributed by atoms with Crippen LogP contribution >= 0.6 is 0 Å². The molecule has 4 heterocycles. The van der Waals surface area contributed by atoms with E-state index in [-0.39, 0.29) is 6.54 Å². The fourth-order valence-corrected chi connectivity index (χ4v) is 5.25. The van der Waals surface area contributed by atoms with Crippen molar-refractivity contribution in [3.05, 3.63) is 72.1 Å². The third-order valence-corrected chi connectivity index (χ3v) is 6.85. The lowest BCUT2D eigenvalue weighted by atomic mass is 9.95. The molecular weight excluding hydrogens is 488 g/mol. The molecule has 2 aliphatic rings. The molecule has 0 radical (unpaired) electrons. The Morgan fingerprint density at radius 3 is 2.11 bits per heavy atom. The van der Waals surface area contributed by atoms with E-state index in [9.17, 15) is 14.7 Å². The predicted octanol–water partition coefficient (Wildman–Crippen LogP) is 2.40. The number of aromatic nitrogens is 2. The van der Waals surface area contributed by atoms with Gasteiger partial charge >= 0.3 is 0 Å². The number of nitrogens with two attached hydrogens (primary N) is 1. The summed E-state index contributed by atoms with van der Waals surface area (Å²) in [7, 11) is 1.92. The molecule has 0 unspecified atom stereocenters. The van der Waals surface area contributed by atoms with E-state index in [2.05, 4.69) is 5.32 Å². The number of carboxylic acids is 1. The molecule has 0 saturated carbocycles. The molecule has 10 nitrogen and oxygen atoms in total. The van der Waals surface area contributed by atoms with Gasteiger partial charge in [0.05, 0.1) is 28.9 Å². The number of nitrogens with one attached hydrogen (secondary N) is 1. The van der Waals surface area contributed by atoms with Crippen molar-refractivity contribution >= 4 is 50.7 Å². The van der Waals surface area contributed by atoms with Crippen LogP contribution in [0.4, 0.5) is 0 Å². The Morgan fingerprint density at radius 2 is 1.53 bits per heavy atom. The molecule has 6 rings (SSSR count). The Balaban J connectivity index is 0.000000689. The van der Waals surface area contributed by atoms with Crippen LogP contribution in [0.5, 0.6) is 0 Å². The summed E-state index contributed by atoms with van der Waals surface area (Å²) in [4.78, 5) is 35.2. The number of aliphatic hydroxyl groups is 1. The van der Waals surface area contributed by atoms with Crippen LogP contribution in [0, 0.1) is 0 Å². The number of rotatable bonds is 4. The number of carbonyl (C=O) groups is 3. The van der Waals surface area contributed by atoms with Crippen LogP contribution in [0.1, 0.15) is 30.7 Å². The molecule has 4 aromatic rings. The highest BCUT2D eigenvalue weighted by Gasteiger charge is 2.38. The number of carboxylic acid groups (broad SMARTS) is 1. The molecule has 3 atom stereocenters. The topological polar surface area (TPSA) is 149 Å². The predicted molar refractivity (Wildman–Crippen MR) is 142 cm³/mol. The van der Waals surface area contributed by atoms with Crippen molar-refractivity contribution in [1.82, 2.24) is 14.5 Å². The van der Waals surface area contributed by atoms with Gasteiger partial charge in [-0.1, -0.05) is 36.4 Å². The second kappa shape index (κ2) is 9.90. The van der Waals surface area contributed by atoms with Gasteiger partial charge in [0.25, 0.3) is 17.8 Å². The van der Waals surface area contributed by atoms with Crippen molar-refractivity contribution in [2.45, 2.75) is 31.8 Å². The van der Waals surface area contributed by atoms with Crippen molar-refractivity contribution < 1.29 is 29.3 Å². The molecule has 0 spiro atoms. The maximum Gasteiger partial charge on any atom is 0.300 e. The van der Waals surface area contributed by atoms with Crippen molar-refractivity contribution in [3.63, 3.8) is 0 Å². The Morgan fingerprint density at radius 1 is 1.00 bits per heavy atom. The Kier molecular flexibility index (Phi) is 6.62. The molecular formula is C28H28N4O6. The van der Waals surface area contributed by atoms with E-state index in [1.165, 1.54) is 0 Å². The number of hydrogen-bond acceptors (Lipinski definition) is 6. The minimum absolute atomic E-state index is 0.219. The molecule has 0 bridgehead atoms. The number of carbonyl (C=O) groups excluding carboxylic acids is 2. The van der Waals surface area contributed by atoms with Gasteiger partial charge < -0.3 is 29.8 Å². The molecule has 2 aliphatic heterocycles. The van der Waals surface area contributed by atoms with Gasteiger partial charge in [0, 0.05) is 66.7 Å². The number of nitrogens with zero attached hydrogens (tertiary/aromatic N) is 2. The number of imide groups is 1. The van der Waals surface area contributed by atoms with Gasteiger partial charge in [-0.3, -0.25) is 19.7 Å². The lowest BCUT2D eigenvalue weighted by Gasteiger charge is -2.15. The first-order valence-corrected chi connectivity index (χ1v) is 12.2. The number of amides is 2. The minimum Gasteiger partial charge on any atom is -0.481 e. The molecule has 2 aromatic carbocycles. The molecule has 1 fully saturated rings. The number of ether oxygens (including phenoxy) is 1. The molecule has 196 valence electrons. The standard InChI is InChI=1S/C26H24N4O4.C2H4O2/c1-29-12-16(14-6-2-4-8-18(14)29)23-24(26(33)28-25(23)32)17-13-30(19-9-5-3-7-15(17)19)22-10-20(31)21(11-27)34-22;1-2(3)4/h2-9,12-13,20-22,31H,10-11,27H2,1H3,(H,28,32,33);1H3,(H,3,4)/t20-,21-,22-;/m1./s1. The van der Waals surface area contributed by atoms with Crippen molar-refractivity contribution in [3.8, 4) is 0 Å². The van der Waals surface area contributed by atoms with Crippen molar-refractivity contribution in [2.75, 3.05) is 6.54 Å². The normalized spacial score (nSPS) is 21.2. The Bertz CT molecular complexity index is 1610. The summed E-state index contributed by atoms with van der Waals surface area (Å²) in [6.45, 7) is 1.30. The molecule has 1 saturated heterocycles. The highest BCUT2D eigenvalue weighted by Crippen LogP contribution is 2.41. The average Bonchev–Trinajstić information content (AvgIpc) is 3.61. The number of aliphatic carboxylic acids is 1. The summed E-state index contributed by atoms with van der Waals surface area (Å²) in [5, 5.41) is 22.0. The number of fused-ring (bicyclic) bond motifs is 2. The first kappa shape index (κ1) is 25.4. The largest absolute Gasteiger partial charge is 0.481 e. The summed E-state index contributed by atoms with van der Waals surface area (Å²) < 4.78 is 9.89. The fourth-order valence-electron chi connectivity index (χ4n) is 5.25. The number of para-hydroxylation sites is 2. The second-order valence-corrected chi connectivity index (χ2v) is 9.36. The van der Waals surface area contributed by atoms with Crippen LogP contribution in [0.3, 0.4) is 0 Å². The van der Waals surface area contributed by atoms with E-state index in [4.69, 9.17) is 20.4 Å². The van der Waals surface area contributed by atoms with E-state index in [0.717, 1.165) is 28.7 Å². The third kappa shape index (κ3) is 4.28. The van der Waals surface area contributed by atoms with Crippen molar-refractivity contribution in [2.24, 2.45) is 12.8 Å². The zero-order valence-corrected chi connectivity index (χ0v) is 20.9. The quantitative estimate of drug-likeness (QED) is 0.304. The number of aliphatic hydroxyl groups excluding tert-OH is 1. The van der Waals surface area contributed by atoms with E-state index in [0.29, 0.717) is 28.7 Å². The Labute approximate surface area is 217 Å². The monoisotopic (exact) mass is 516 g/mol. The van der Waals surface area contributed by atoms with Crippen LogP contribution in [0.15, 0.2) is 60.9 Å². The van der Waals surface area contributed by atoms with Gasteiger partial charge in [-0.05, 0) is 12.1 Å². The summed E-state index contributed by atoms with van der Waals surface area (Å²) >= 11 is 0. The van der Waals surface area contributed by atoms with Gasteiger partial charge in [-0.15, -0.1) is 0 Å². The zero-order chi connectivity index (χ0) is 27.1. The second-order valence-electron chi connectivity index (χ2n) is 9.36. The molecule has 10 heteroatoms. The van der Waals surface area contributed by atoms with E-state index < -0.39 is 36.2 Å². The highest BCUT2D eigenvalue weighted by molar-refractivity contribution is 6.50. The third-order valence-electron chi connectivity index (χ3n) is 6.85. The lowest BCUT2D eigenvalue weighted by Crippen LogP contribution is -2.29. The summed E-state index contributed by atoms with van der Waals surface area (Å²) in [5.41, 5.74) is 9.63. The summed E-state index contributed by atoms with van der Waals surface area (Å²) in [6, 6.07) is 15.5. The average molecular weight is 517 g/mol. The summed E-state index contributed by atoms with van der Waals surface area (Å²) in [6.07, 6.45) is 2.58. The summed E-state index contributed by atoms with van der Waals surface area (Å²) in [5.74, 6) is -1.67.